The minimum Gasteiger partial charge on any atom is -0.461 e. The van der Waals surface area contributed by atoms with Crippen LogP contribution in [0.15, 0.2) is 24.3 Å². The summed E-state index contributed by atoms with van der Waals surface area (Å²) in [6.07, 6.45) is 2.08. The highest BCUT2D eigenvalue weighted by atomic mass is 32.2. The molecule has 1 saturated heterocycles. The predicted molar refractivity (Wildman–Crippen MR) is 136 cm³/mol. The fraction of sp³-hybridized carbons (Fsp3) is 0.609. The molecule has 1 heterocycles. The molecule has 1 amide bonds. The van der Waals surface area contributed by atoms with Gasteiger partial charge in [0.15, 0.2) is 0 Å². The van der Waals surface area contributed by atoms with Crippen LogP contribution in [0, 0.1) is 21.4 Å². The van der Waals surface area contributed by atoms with Gasteiger partial charge in [0.05, 0.1) is 22.3 Å². The van der Waals surface area contributed by atoms with E-state index in [9.17, 15) is 19.7 Å². The van der Waals surface area contributed by atoms with Gasteiger partial charge in [0.1, 0.15) is 13.2 Å². The molecule has 1 fully saturated rings. The van der Waals surface area contributed by atoms with Crippen LogP contribution in [0.4, 0.5) is 5.69 Å². The Morgan fingerprint density at radius 2 is 1.91 bits per heavy atom. The Balaban J connectivity index is 2.19. The van der Waals surface area contributed by atoms with Crippen molar-refractivity contribution in [3.8, 4) is 6.07 Å². The van der Waals surface area contributed by atoms with Crippen molar-refractivity contribution in [3.05, 3.63) is 39.9 Å². The molecule has 0 radical (unpaired) electrons. The van der Waals surface area contributed by atoms with Crippen molar-refractivity contribution in [2.45, 2.75) is 57.3 Å². The molecule has 0 bridgehead atoms. The number of rotatable bonds is 12. The number of thioether (sulfide) groups is 1. The quantitative estimate of drug-likeness (QED) is 0.143. The van der Waals surface area contributed by atoms with Crippen LogP contribution < -0.4 is 5.32 Å². The molecule has 1 aromatic rings. The van der Waals surface area contributed by atoms with Crippen molar-refractivity contribution in [1.29, 1.82) is 5.26 Å². The third-order valence-electron chi connectivity index (χ3n) is 6.23. The highest BCUT2D eigenvalue weighted by molar-refractivity contribution is 8.00. The number of nitriles is 1. The summed E-state index contributed by atoms with van der Waals surface area (Å²) in [4.78, 5) is 35.8. The average Bonchev–Trinajstić information content (AvgIpc) is 3.31. The van der Waals surface area contributed by atoms with E-state index in [-0.39, 0.29) is 35.5 Å². The fourth-order valence-electron chi connectivity index (χ4n) is 3.65. The summed E-state index contributed by atoms with van der Waals surface area (Å²) in [6, 6.07) is 7.75. The first-order valence-corrected chi connectivity index (χ1v) is 15.2. The van der Waals surface area contributed by atoms with Crippen LogP contribution in [0.1, 0.15) is 39.2 Å². The average molecular weight is 523 g/mol. The van der Waals surface area contributed by atoms with Gasteiger partial charge in [-0.3, -0.25) is 19.7 Å². The van der Waals surface area contributed by atoms with Crippen LogP contribution in [-0.4, -0.2) is 61.3 Å². The van der Waals surface area contributed by atoms with Crippen molar-refractivity contribution in [2.75, 3.05) is 31.1 Å². The van der Waals surface area contributed by atoms with Crippen molar-refractivity contribution in [3.63, 3.8) is 0 Å². The van der Waals surface area contributed by atoms with E-state index in [1.807, 2.05) is 17.7 Å². The molecule has 192 valence electrons. The van der Waals surface area contributed by atoms with Crippen molar-refractivity contribution >= 4 is 37.6 Å². The van der Waals surface area contributed by atoms with E-state index in [0.29, 0.717) is 11.3 Å². The van der Waals surface area contributed by atoms with E-state index < -0.39 is 24.8 Å². The van der Waals surface area contributed by atoms with Crippen LogP contribution in [-0.2, 0) is 25.5 Å². The summed E-state index contributed by atoms with van der Waals surface area (Å²) >= 11 is 1.31. The molecule has 2 rings (SSSR count). The van der Waals surface area contributed by atoms with Crippen LogP contribution in [0.3, 0.4) is 0 Å². The van der Waals surface area contributed by atoms with Crippen LogP contribution in [0.5, 0.6) is 0 Å². The van der Waals surface area contributed by atoms with Crippen molar-refractivity contribution < 1.29 is 23.8 Å². The minimum absolute atomic E-state index is 0.0149. The number of nitrogens with one attached hydrogen (secondary N) is 1. The number of ether oxygens (including phenoxy) is 1. The summed E-state index contributed by atoms with van der Waals surface area (Å²) in [5, 5.41) is 23.7. The summed E-state index contributed by atoms with van der Waals surface area (Å²) in [5.74, 6) is -0.218. The van der Waals surface area contributed by atoms with Gasteiger partial charge in [0.25, 0.3) is 5.69 Å². The van der Waals surface area contributed by atoms with Gasteiger partial charge in [-0.15, -0.1) is 0 Å². The maximum Gasteiger partial charge on any atom is 0.309 e. The number of amides is 1. The maximum absolute atomic E-state index is 13.5. The van der Waals surface area contributed by atoms with Gasteiger partial charge in [-0.05, 0) is 42.1 Å². The number of nitro groups is 1. The standard InChI is InChI=1S/C23H34N4O6SSi/c1-23(2,3)35(4,33-26-13-5-6-14-26)20(16-34-17-21(28)25-12-11-24)22(29)32-15-18-7-9-19(10-8-18)27(30)31/h7-10,20H,5-6,12-17H2,1-4H3,(H,25,28). The van der Waals surface area contributed by atoms with E-state index >= 15 is 0 Å². The molecule has 1 aliphatic rings. The number of hydrogen-bond donors (Lipinski definition) is 1. The monoisotopic (exact) mass is 522 g/mol. The Morgan fingerprint density at radius 1 is 1.29 bits per heavy atom. The number of hydroxylamine groups is 2. The summed E-state index contributed by atoms with van der Waals surface area (Å²) in [7, 11) is -2.81. The number of carbonyl (C=O) groups is 2. The Morgan fingerprint density at radius 3 is 2.46 bits per heavy atom. The SMILES string of the molecule is CC(C)(C)[Si](C)(ON1CCCC1)C(CSCC(=O)NCC#N)C(=O)OCc1ccc([N+](=O)[O-])cc1. The highest BCUT2D eigenvalue weighted by Crippen LogP contribution is 2.47. The van der Waals surface area contributed by atoms with Crippen molar-refractivity contribution in [2.24, 2.45) is 0 Å². The number of carbonyl (C=O) groups excluding carboxylic acids is 2. The van der Waals surface area contributed by atoms with Crippen molar-refractivity contribution in [1.82, 2.24) is 10.4 Å². The Kier molecular flexibility index (Phi) is 10.7. The molecule has 0 aromatic heterocycles. The number of benzene rings is 1. The van der Waals surface area contributed by atoms with Crippen LogP contribution >= 0.6 is 11.8 Å². The molecule has 1 N–H and O–H groups in total. The topological polar surface area (TPSA) is 135 Å². The molecule has 0 spiro atoms. The fourth-order valence-corrected chi connectivity index (χ4v) is 8.75. The van der Waals surface area contributed by atoms with Gasteiger partial charge in [-0.25, -0.2) is 5.06 Å². The van der Waals surface area contributed by atoms with Gasteiger partial charge in [-0.1, -0.05) is 20.8 Å². The van der Waals surface area contributed by atoms with Gasteiger partial charge in [-0.2, -0.15) is 17.0 Å². The zero-order chi connectivity index (χ0) is 26.1. The number of nitrogens with zero attached hydrogens (tertiary/aromatic N) is 3. The minimum atomic E-state index is -2.81. The normalized spacial score (nSPS) is 16.7. The van der Waals surface area contributed by atoms with Gasteiger partial charge in [0, 0.05) is 31.0 Å². The molecule has 1 aliphatic heterocycles. The molecule has 10 nitrogen and oxygen atoms in total. The molecular weight excluding hydrogens is 488 g/mol. The molecule has 2 unspecified atom stereocenters. The third kappa shape index (κ3) is 8.31. The maximum atomic E-state index is 13.5. The molecule has 0 aliphatic carbocycles. The number of hydrogen-bond acceptors (Lipinski definition) is 9. The van der Waals surface area contributed by atoms with Gasteiger partial charge < -0.3 is 14.6 Å². The third-order valence-corrected chi connectivity index (χ3v) is 12.9. The second-order valence-electron chi connectivity index (χ2n) is 9.62. The largest absolute Gasteiger partial charge is 0.461 e. The molecule has 0 saturated carbocycles. The van der Waals surface area contributed by atoms with Crippen LogP contribution in [0.2, 0.25) is 17.1 Å². The number of esters is 1. The van der Waals surface area contributed by atoms with Crippen LogP contribution in [0.25, 0.3) is 0 Å². The lowest BCUT2D eigenvalue weighted by Gasteiger charge is -2.45. The van der Waals surface area contributed by atoms with E-state index in [1.165, 1.54) is 23.9 Å². The molecule has 12 heteroatoms. The lowest BCUT2D eigenvalue weighted by molar-refractivity contribution is -0.384. The summed E-state index contributed by atoms with van der Waals surface area (Å²) < 4.78 is 12.3. The first-order valence-electron chi connectivity index (χ1n) is 11.5. The molecule has 1 aromatic carbocycles. The second-order valence-corrected chi connectivity index (χ2v) is 15.2. The van der Waals surface area contributed by atoms with E-state index in [4.69, 9.17) is 14.5 Å². The zero-order valence-corrected chi connectivity index (χ0v) is 22.6. The Labute approximate surface area is 211 Å². The van der Waals surface area contributed by atoms with Gasteiger partial charge in [0.2, 0.25) is 14.2 Å². The van der Waals surface area contributed by atoms with E-state index in [1.54, 1.807) is 12.1 Å². The van der Waals surface area contributed by atoms with E-state index in [2.05, 4.69) is 26.1 Å². The highest BCUT2D eigenvalue weighted by Gasteiger charge is 2.54. The molecular formula is C23H34N4O6SSi. The smallest absolute Gasteiger partial charge is 0.309 e. The lowest BCUT2D eigenvalue weighted by atomic mass is 10.2. The lowest BCUT2D eigenvalue weighted by Crippen LogP contribution is -2.55. The summed E-state index contributed by atoms with van der Waals surface area (Å²) in [5.41, 5.74) is 0.0523. The first-order chi connectivity index (χ1) is 16.5. The second kappa shape index (κ2) is 13.0. The zero-order valence-electron chi connectivity index (χ0n) is 20.7. The Bertz CT molecular complexity index is 927. The number of nitro benzene ring substituents is 1. The summed E-state index contributed by atoms with van der Waals surface area (Å²) in [6.45, 7) is 9.79. The first kappa shape index (κ1) is 28.8. The Hall–Kier alpha value is -2.46. The molecule has 2 atom stereocenters. The molecule has 35 heavy (non-hydrogen) atoms. The predicted octanol–water partition coefficient (Wildman–Crippen LogP) is 3.78. The number of non-ortho nitro benzene ring substituents is 1. The van der Waals surface area contributed by atoms with E-state index in [0.717, 1.165) is 25.9 Å². The van der Waals surface area contributed by atoms with Gasteiger partial charge >= 0.3 is 5.97 Å².